The molecule has 3 atom stereocenters. The number of hydrogen-bond acceptors (Lipinski definition) is 3. The Morgan fingerprint density at radius 1 is 1.14 bits per heavy atom. The maximum Gasteiger partial charge on any atom is 0.0580 e. The van der Waals surface area contributed by atoms with Gasteiger partial charge in [0.15, 0.2) is 0 Å². The summed E-state index contributed by atoms with van der Waals surface area (Å²) in [5, 5.41) is 10.4. The van der Waals surface area contributed by atoms with E-state index in [2.05, 4.69) is 44.7 Å². The molecule has 126 valence electrons. The summed E-state index contributed by atoms with van der Waals surface area (Å²) in [6.07, 6.45) is 6.01. The molecular weight excluding hydrogens is 260 g/mol. The lowest BCUT2D eigenvalue weighted by Crippen LogP contribution is -2.42. The highest BCUT2D eigenvalue weighted by Crippen LogP contribution is 2.32. The van der Waals surface area contributed by atoms with Gasteiger partial charge in [0.25, 0.3) is 0 Å². The molecule has 1 fully saturated rings. The molecule has 3 nitrogen and oxygen atoms in total. The van der Waals surface area contributed by atoms with E-state index in [0.29, 0.717) is 11.8 Å². The largest absolute Gasteiger partial charge is 0.393 e. The van der Waals surface area contributed by atoms with Crippen LogP contribution in [0.2, 0.25) is 0 Å². The predicted molar refractivity (Wildman–Crippen MR) is 91.6 cm³/mol. The van der Waals surface area contributed by atoms with Crippen molar-refractivity contribution in [1.29, 1.82) is 0 Å². The van der Waals surface area contributed by atoms with E-state index in [1.165, 1.54) is 25.7 Å². The zero-order valence-electron chi connectivity index (χ0n) is 15.0. The molecule has 1 N–H and O–H groups in total. The molecule has 1 saturated carbocycles. The Balaban J connectivity index is 2.53. The molecule has 0 aromatic rings. The Morgan fingerprint density at radius 3 is 2.43 bits per heavy atom. The summed E-state index contributed by atoms with van der Waals surface area (Å²) in [6, 6.07) is 0. The smallest absolute Gasteiger partial charge is 0.0580 e. The van der Waals surface area contributed by atoms with Crippen molar-refractivity contribution >= 4 is 0 Å². The topological polar surface area (TPSA) is 26.7 Å². The third-order valence-corrected chi connectivity index (χ3v) is 4.73. The average molecular weight is 299 g/mol. The molecule has 0 amide bonds. The molecule has 0 heterocycles. The molecule has 0 spiro atoms. The van der Waals surface area contributed by atoms with E-state index in [4.69, 9.17) is 0 Å². The van der Waals surface area contributed by atoms with Crippen molar-refractivity contribution < 1.29 is 5.11 Å². The van der Waals surface area contributed by atoms with Crippen molar-refractivity contribution in [3.05, 3.63) is 0 Å². The van der Waals surface area contributed by atoms with Gasteiger partial charge in [0, 0.05) is 26.2 Å². The van der Waals surface area contributed by atoms with Crippen molar-refractivity contribution in [3.63, 3.8) is 0 Å². The Morgan fingerprint density at radius 2 is 1.86 bits per heavy atom. The first-order chi connectivity index (χ1) is 9.92. The van der Waals surface area contributed by atoms with Crippen LogP contribution in [0.3, 0.4) is 0 Å². The van der Waals surface area contributed by atoms with Crippen LogP contribution in [0.4, 0.5) is 0 Å². The van der Waals surface area contributed by atoms with E-state index < -0.39 is 0 Å². The summed E-state index contributed by atoms with van der Waals surface area (Å²) in [7, 11) is 4.28. The van der Waals surface area contributed by atoms with Crippen LogP contribution in [-0.2, 0) is 0 Å². The van der Waals surface area contributed by atoms with Gasteiger partial charge < -0.3 is 14.9 Å². The van der Waals surface area contributed by atoms with Crippen LogP contribution in [0, 0.1) is 17.8 Å². The summed E-state index contributed by atoms with van der Waals surface area (Å²) in [6.45, 7) is 11.3. The zero-order valence-corrected chi connectivity index (χ0v) is 15.0. The second kappa shape index (κ2) is 9.81. The number of aliphatic hydroxyl groups excluding tert-OH is 1. The van der Waals surface area contributed by atoms with Crippen molar-refractivity contribution in [2.75, 3.05) is 40.3 Å². The molecule has 0 radical (unpaired) electrons. The third kappa shape index (κ3) is 7.62. The van der Waals surface area contributed by atoms with E-state index in [1.54, 1.807) is 0 Å². The maximum absolute atomic E-state index is 10.4. The second-order valence-electron chi connectivity index (χ2n) is 7.75. The molecule has 3 unspecified atom stereocenters. The molecule has 0 aromatic heterocycles. The lowest BCUT2D eigenvalue weighted by Gasteiger charge is -2.37. The first-order valence-corrected chi connectivity index (χ1v) is 8.97. The second-order valence-corrected chi connectivity index (χ2v) is 7.75. The third-order valence-electron chi connectivity index (χ3n) is 4.73. The summed E-state index contributed by atoms with van der Waals surface area (Å²) in [5.74, 6) is 2.02. The van der Waals surface area contributed by atoms with E-state index in [0.717, 1.165) is 38.5 Å². The van der Waals surface area contributed by atoms with Crippen LogP contribution in [-0.4, -0.2) is 61.3 Å². The molecule has 1 aliphatic carbocycles. The van der Waals surface area contributed by atoms with Gasteiger partial charge in [-0.15, -0.1) is 0 Å². The van der Waals surface area contributed by atoms with E-state index in [-0.39, 0.29) is 6.10 Å². The highest BCUT2D eigenvalue weighted by atomic mass is 16.3. The minimum atomic E-state index is -0.0767. The summed E-state index contributed by atoms with van der Waals surface area (Å²) < 4.78 is 0. The first-order valence-electron chi connectivity index (χ1n) is 8.97. The van der Waals surface area contributed by atoms with Gasteiger partial charge in [0.05, 0.1) is 6.10 Å². The fourth-order valence-electron chi connectivity index (χ4n) is 3.66. The van der Waals surface area contributed by atoms with E-state index >= 15 is 0 Å². The molecule has 1 aliphatic rings. The molecule has 0 saturated heterocycles. The fraction of sp³-hybridized carbons (Fsp3) is 1.00. The standard InChI is InChI=1S/C18H38N2O/c1-6-7-16-8-9-18(21)17(12-16)14-20(13-15(2)3)11-10-19(4)5/h15-18,21H,6-14H2,1-5H3. The Labute approximate surface area is 132 Å². The van der Waals surface area contributed by atoms with Gasteiger partial charge >= 0.3 is 0 Å². The monoisotopic (exact) mass is 298 g/mol. The van der Waals surface area contributed by atoms with Gasteiger partial charge in [-0.25, -0.2) is 0 Å². The van der Waals surface area contributed by atoms with Crippen molar-refractivity contribution in [1.82, 2.24) is 9.80 Å². The van der Waals surface area contributed by atoms with Crippen LogP contribution in [0.15, 0.2) is 0 Å². The summed E-state index contributed by atoms with van der Waals surface area (Å²) >= 11 is 0. The van der Waals surface area contributed by atoms with E-state index in [1.807, 2.05) is 0 Å². The lowest BCUT2D eigenvalue weighted by atomic mass is 9.77. The van der Waals surface area contributed by atoms with Crippen LogP contribution in [0.25, 0.3) is 0 Å². The Kier molecular flexibility index (Phi) is 8.84. The summed E-state index contributed by atoms with van der Waals surface area (Å²) in [4.78, 5) is 4.83. The number of nitrogens with zero attached hydrogens (tertiary/aromatic N) is 2. The van der Waals surface area contributed by atoms with Crippen LogP contribution < -0.4 is 0 Å². The molecule has 21 heavy (non-hydrogen) atoms. The predicted octanol–water partition coefficient (Wildman–Crippen LogP) is 3.08. The molecular formula is C18H38N2O. The Hall–Kier alpha value is -0.120. The highest BCUT2D eigenvalue weighted by molar-refractivity contribution is 4.82. The minimum Gasteiger partial charge on any atom is -0.393 e. The first kappa shape index (κ1) is 18.9. The maximum atomic E-state index is 10.4. The van der Waals surface area contributed by atoms with Crippen LogP contribution >= 0.6 is 0 Å². The molecule has 0 aliphatic heterocycles. The van der Waals surface area contributed by atoms with Gasteiger partial charge in [-0.05, 0) is 51.1 Å². The number of rotatable bonds is 9. The van der Waals surface area contributed by atoms with Crippen molar-refractivity contribution in [3.8, 4) is 0 Å². The van der Waals surface area contributed by atoms with Crippen molar-refractivity contribution in [2.24, 2.45) is 17.8 Å². The van der Waals surface area contributed by atoms with Gasteiger partial charge in [0.2, 0.25) is 0 Å². The average Bonchev–Trinajstić information content (AvgIpc) is 2.39. The number of aliphatic hydroxyl groups is 1. The molecule has 0 bridgehead atoms. The zero-order chi connectivity index (χ0) is 15.8. The molecule has 3 heteroatoms. The molecule has 1 rings (SSSR count). The van der Waals surface area contributed by atoms with Gasteiger partial charge in [-0.1, -0.05) is 33.6 Å². The van der Waals surface area contributed by atoms with Gasteiger partial charge in [-0.3, -0.25) is 0 Å². The Bertz CT molecular complexity index is 268. The lowest BCUT2D eigenvalue weighted by molar-refractivity contribution is 0.0227. The normalized spacial score (nSPS) is 27.0. The number of hydrogen-bond donors (Lipinski definition) is 1. The number of likely N-dealkylation sites (N-methyl/N-ethyl adjacent to an activating group) is 1. The van der Waals surface area contributed by atoms with Crippen LogP contribution in [0.1, 0.15) is 52.9 Å². The van der Waals surface area contributed by atoms with Gasteiger partial charge in [-0.2, -0.15) is 0 Å². The van der Waals surface area contributed by atoms with Crippen molar-refractivity contribution in [2.45, 2.75) is 59.0 Å². The fourth-order valence-corrected chi connectivity index (χ4v) is 3.66. The quantitative estimate of drug-likeness (QED) is 0.708. The van der Waals surface area contributed by atoms with E-state index in [9.17, 15) is 5.11 Å². The summed E-state index contributed by atoms with van der Waals surface area (Å²) in [5.41, 5.74) is 0. The SMILES string of the molecule is CCCC1CCC(O)C(CN(CCN(C)C)CC(C)C)C1. The minimum absolute atomic E-state index is 0.0767. The highest BCUT2D eigenvalue weighted by Gasteiger charge is 2.30. The van der Waals surface area contributed by atoms with Crippen LogP contribution in [0.5, 0.6) is 0 Å². The van der Waals surface area contributed by atoms with Gasteiger partial charge in [0.1, 0.15) is 0 Å². The molecule has 0 aromatic carbocycles.